The van der Waals surface area contributed by atoms with Gasteiger partial charge in [0.15, 0.2) is 0 Å². The van der Waals surface area contributed by atoms with Gasteiger partial charge in [-0.25, -0.2) is 0 Å². The molecule has 1 aromatic carbocycles. The van der Waals surface area contributed by atoms with Gasteiger partial charge in [0.25, 0.3) is 5.69 Å². The summed E-state index contributed by atoms with van der Waals surface area (Å²) in [6, 6.07) is 4.68. The van der Waals surface area contributed by atoms with Crippen LogP contribution in [-0.4, -0.2) is 24.0 Å². The zero-order valence-corrected chi connectivity index (χ0v) is 11.4. The van der Waals surface area contributed by atoms with Crippen LogP contribution in [0.5, 0.6) is 0 Å². The van der Waals surface area contributed by atoms with Crippen molar-refractivity contribution in [2.45, 2.75) is 13.5 Å². The second-order valence-corrected chi connectivity index (χ2v) is 4.35. The molecule has 1 rings (SSSR count). The molecule has 6 nitrogen and oxygen atoms in total. The number of carbonyl (C=O) groups excluding carboxylic acids is 1. The lowest BCUT2D eigenvalue weighted by atomic mass is 10.2. The van der Waals surface area contributed by atoms with Gasteiger partial charge in [0.2, 0.25) is 0 Å². The van der Waals surface area contributed by atoms with Crippen LogP contribution in [0, 0.1) is 10.1 Å². The molecule has 0 fully saturated rings. The SMILES string of the molecule is CCOC(=O)CNCc1cc(Br)ccc1[N+](=O)[O-]. The van der Waals surface area contributed by atoms with Crippen molar-refractivity contribution in [1.82, 2.24) is 5.32 Å². The van der Waals surface area contributed by atoms with Gasteiger partial charge in [-0.15, -0.1) is 0 Å². The van der Waals surface area contributed by atoms with Crippen LogP contribution in [-0.2, 0) is 16.1 Å². The predicted molar refractivity (Wildman–Crippen MR) is 69.1 cm³/mol. The van der Waals surface area contributed by atoms with Gasteiger partial charge in [-0.05, 0) is 19.1 Å². The molecule has 0 radical (unpaired) electrons. The van der Waals surface area contributed by atoms with E-state index in [9.17, 15) is 14.9 Å². The number of halogens is 1. The Balaban J connectivity index is 2.63. The fourth-order valence-electron chi connectivity index (χ4n) is 1.39. The lowest BCUT2D eigenvalue weighted by Crippen LogP contribution is -2.24. The van der Waals surface area contributed by atoms with E-state index in [1.165, 1.54) is 6.07 Å². The first-order valence-corrected chi connectivity index (χ1v) is 6.13. The van der Waals surface area contributed by atoms with E-state index >= 15 is 0 Å². The smallest absolute Gasteiger partial charge is 0.319 e. The van der Waals surface area contributed by atoms with Crippen molar-refractivity contribution in [3.05, 3.63) is 38.3 Å². The third kappa shape index (κ3) is 4.42. The van der Waals surface area contributed by atoms with Gasteiger partial charge in [0, 0.05) is 22.6 Å². The lowest BCUT2D eigenvalue weighted by Gasteiger charge is -2.06. The first-order valence-electron chi connectivity index (χ1n) is 5.33. The fourth-order valence-corrected chi connectivity index (χ4v) is 1.79. The average molecular weight is 317 g/mol. The van der Waals surface area contributed by atoms with Gasteiger partial charge in [-0.3, -0.25) is 14.9 Å². The number of rotatable bonds is 6. The molecule has 7 heteroatoms. The van der Waals surface area contributed by atoms with E-state index in [2.05, 4.69) is 21.2 Å². The number of benzene rings is 1. The molecular formula is C11H13BrN2O4. The number of hydrogen-bond donors (Lipinski definition) is 1. The Morgan fingerprint density at radius 3 is 2.89 bits per heavy atom. The second-order valence-electron chi connectivity index (χ2n) is 3.44. The van der Waals surface area contributed by atoms with Crippen molar-refractivity contribution >= 4 is 27.6 Å². The van der Waals surface area contributed by atoms with E-state index in [-0.39, 0.29) is 24.7 Å². The summed E-state index contributed by atoms with van der Waals surface area (Å²) in [5.41, 5.74) is 0.535. The fraction of sp³-hybridized carbons (Fsp3) is 0.364. The van der Waals surface area contributed by atoms with Gasteiger partial charge < -0.3 is 10.1 Å². The van der Waals surface area contributed by atoms with E-state index in [0.29, 0.717) is 12.2 Å². The van der Waals surface area contributed by atoms with Gasteiger partial charge in [0.1, 0.15) is 0 Å². The van der Waals surface area contributed by atoms with Crippen molar-refractivity contribution in [1.29, 1.82) is 0 Å². The Morgan fingerprint density at radius 2 is 2.28 bits per heavy atom. The standard InChI is InChI=1S/C11H13BrN2O4/c1-2-18-11(15)7-13-6-8-5-9(12)3-4-10(8)14(16)17/h3-5,13H,2,6-7H2,1H3. The van der Waals surface area contributed by atoms with Crippen LogP contribution in [0.25, 0.3) is 0 Å². The quantitative estimate of drug-likeness (QED) is 0.493. The molecular weight excluding hydrogens is 304 g/mol. The van der Waals surface area contributed by atoms with Crippen LogP contribution in [0.3, 0.4) is 0 Å². The van der Waals surface area contributed by atoms with Crippen molar-refractivity contribution in [2.75, 3.05) is 13.2 Å². The lowest BCUT2D eigenvalue weighted by molar-refractivity contribution is -0.385. The molecule has 0 amide bonds. The molecule has 0 aliphatic heterocycles. The van der Waals surface area contributed by atoms with Crippen molar-refractivity contribution in [2.24, 2.45) is 0 Å². The van der Waals surface area contributed by atoms with Gasteiger partial charge in [0.05, 0.1) is 18.1 Å². The highest BCUT2D eigenvalue weighted by molar-refractivity contribution is 9.10. The third-order valence-electron chi connectivity index (χ3n) is 2.13. The first kappa shape index (κ1) is 14.6. The Kier molecular flexibility index (Phi) is 5.73. The highest BCUT2D eigenvalue weighted by Gasteiger charge is 2.13. The molecule has 0 spiro atoms. The number of nitro groups is 1. The summed E-state index contributed by atoms with van der Waals surface area (Å²) in [5, 5.41) is 13.6. The Bertz CT molecular complexity index is 451. The molecule has 0 aliphatic carbocycles. The summed E-state index contributed by atoms with van der Waals surface area (Å²) in [4.78, 5) is 21.4. The molecule has 0 saturated carbocycles. The molecule has 98 valence electrons. The van der Waals surface area contributed by atoms with E-state index in [1.54, 1.807) is 19.1 Å². The zero-order valence-electron chi connectivity index (χ0n) is 9.81. The highest BCUT2D eigenvalue weighted by Crippen LogP contribution is 2.22. The van der Waals surface area contributed by atoms with E-state index < -0.39 is 4.92 Å². The predicted octanol–water partition coefficient (Wildman–Crippen LogP) is 2.01. The number of nitrogens with zero attached hydrogens (tertiary/aromatic N) is 1. The molecule has 1 N–H and O–H groups in total. The minimum Gasteiger partial charge on any atom is -0.465 e. The highest BCUT2D eigenvalue weighted by atomic mass is 79.9. The number of nitrogens with one attached hydrogen (secondary N) is 1. The van der Waals surface area contributed by atoms with Crippen LogP contribution in [0.2, 0.25) is 0 Å². The topological polar surface area (TPSA) is 81.5 Å². The molecule has 0 aliphatic rings. The molecule has 0 bridgehead atoms. The van der Waals surface area contributed by atoms with E-state index in [1.807, 2.05) is 0 Å². The van der Waals surface area contributed by atoms with Gasteiger partial charge in [-0.2, -0.15) is 0 Å². The molecule has 0 heterocycles. The molecule has 0 saturated heterocycles. The molecule has 0 aromatic heterocycles. The first-order chi connectivity index (χ1) is 8.54. The summed E-state index contributed by atoms with van der Waals surface area (Å²) in [6.07, 6.45) is 0. The van der Waals surface area contributed by atoms with Crippen LogP contribution in [0.15, 0.2) is 22.7 Å². The second kappa shape index (κ2) is 7.07. The van der Waals surface area contributed by atoms with E-state index in [4.69, 9.17) is 4.74 Å². The van der Waals surface area contributed by atoms with Crippen molar-refractivity contribution < 1.29 is 14.5 Å². The summed E-state index contributed by atoms with van der Waals surface area (Å²) < 4.78 is 5.49. The van der Waals surface area contributed by atoms with Gasteiger partial charge in [-0.1, -0.05) is 15.9 Å². The van der Waals surface area contributed by atoms with Crippen LogP contribution < -0.4 is 5.32 Å². The minimum atomic E-state index is -0.451. The molecule has 1 aromatic rings. The Labute approximate surface area is 113 Å². The van der Waals surface area contributed by atoms with Crippen molar-refractivity contribution in [3.63, 3.8) is 0 Å². The Morgan fingerprint density at radius 1 is 1.56 bits per heavy atom. The normalized spacial score (nSPS) is 10.1. The van der Waals surface area contributed by atoms with Crippen LogP contribution in [0.4, 0.5) is 5.69 Å². The number of nitro benzene ring substituents is 1. The molecule has 0 atom stereocenters. The minimum absolute atomic E-state index is 0.0227. The number of esters is 1. The molecule has 0 unspecified atom stereocenters. The van der Waals surface area contributed by atoms with Gasteiger partial charge >= 0.3 is 5.97 Å². The number of carbonyl (C=O) groups is 1. The Hall–Kier alpha value is -1.47. The van der Waals surface area contributed by atoms with Crippen molar-refractivity contribution in [3.8, 4) is 0 Å². The monoisotopic (exact) mass is 316 g/mol. The van der Waals surface area contributed by atoms with E-state index in [0.717, 1.165) is 4.47 Å². The maximum Gasteiger partial charge on any atom is 0.319 e. The average Bonchev–Trinajstić information content (AvgIpc) is 2.29. The molecule has 18 heavy (non-hydrogen) atoms. The largest absolute Gasteiger partial charge is 0.465 e. The maximum absolute atomic E-state index is 11.1. The number of ether oxygens (including phenoxy) is 1. The third-order valence-corrected chi connectivity index (χ3v) is 2.62. The van der Waals surface area contributed by atoms with Crippen LogP contribution in [0.1, 0.15) is 12.5 Å². The summed E-state index contributed by atoms with van der Waals surface area (Å²) >= 11 is 3.25. The summed E-state index contributed by atoms with van der Waals surface area (Å²) in [6.45, 7) is 2.29. The number of hydrogen-bond acceptors (Lipinski definition) is 5. The maximum atomic E-state index is 11.1. The zero-order chi connectivity index (χ0) is 13.5. The summed E-state index contributed by atoms with van der Waals surface area (Å²) in [5.74, 6) is -0.379. The van der Waals surface area contributed by atoms with Crippen LogP contribution >= 0.6 is 15.9 Å². The summed E-state index contributed by atoms with van der Waals surface area (Å²) in [7, 11) is 0.